The molecule has 81 heavy (non-hydrogen) atoms. The first-order valence-electron chi connectivity index (χ1n) is 28.4. The minimum Gasteiger partial charge on any atom is -0.493 e. The quantitative estimate of drug-likeness (QED) is 0.0485. The maximum atomic E-state index is 14.1. The third-order valence-electron chi connectivity index (χ3n) is 15.8. The molecule has 4 aromatic carbocycles. The lowest BCUT2D eigenvalue weighted by molar-refractivity contribution is -0.136. The number of carbonyl (C=O) groups excluding carboxylic acids is 6. The van der Waals surface area contributed by atoms with Crippen LogP contribution in [0, 0.1) is 5.92 Å². The summed E-state index contributed by atoms with van der Waals surface area (Å²) >= 11 is 6.34. The number of fused-ring (bicyclic) bond motifs is 2. The number of nitrogens with one attached hydrogen (secondary N) is 2. The molecule has 19 nitrogen and oxygen atoms in total. The van der Waals surface area contributed by atoms with Gasteiger partial charge in [-0.1, -0.05) is 29.8 Å². The number of halogens is 1. The molecule has 9 rings (SSSR count). The number of hydrogen-bond acceptors (Lipinski definition) is 15. The Labute approximate surface area is 479 Å². The van der Waals surface area contributed by atoms with E-state index >= 15 is 0 Å². The number of piperazine rings is 1. The molecule has 5 aliphatic rings. The number of carbonyl (C=O) groups is 6. The predicted octanol–water partition coefficient (Wildman–Crippen LogP) is 6.92. The van der Waals surface area contributed by atoms with Crippen molar-refractivity contribution in [3.05, 3.63) is 112 Å². The Kier molecular flexibility index (Phi) is 20.3. The van der Waals surface area contributed by atoms with E-state index in [0.29, 0.717) is 100.0 Å². The summed E-state index contributed by atoms with van der Waals surface area (Å²) in [6.07, 6.45) is 5.28. The molecule has 4 heterocycles. The average molecular weight is 1130 g/mol. The molecule has 0 spiro atoms. The van der Waals surface area contributed by atoms with E-state index < -0.39 is 29.7 Å². The maximum Gasteiger partial charge on any atom is 0.264 e. The fraction of sp³-hybridized carbons (Fsp3) is 0.508. The Bertz CT molecular complexity index is 2860. The first-order chi connectivity index (χ1) is 39.3. The highest BCUT2D eigenvalue weighted by Gasteiger charge is 2.46. The Balaban J connectivity index is 0.608. The van der Waals surface area contributed by atoms with Gasteiger partial charge in [0.05, 0.1) is 96.1 Å². The third kappa shape index (κ3) is 14.5. The van der Waals surface area contributed by atoms with Crippen molar-refractivity contribution in [1.29, 1.82) is 0 Å². The van der Waals surface area contributed by atoms with Gasteiger partial charge in [0.2, 0.25) is 23.6 Å². The van der Waals surface area contributed by atoms with Crippen LogP contribution in [-0.4, -0.2) is 175 Å². The summed E-state index contributed by atoms with van der Waals surface area (Å²) < 4.78 is 34.5. The topological polar surface area (TPSA) is 198 Å². The van der Waals surface area contributed by atoms with Crippen LogP contribution in [0.4, 0.5) is 17.1 Å². The van der Waals surface area contributed by atoms with Gasteiger partial charge in [-0.05, 0) is 129 Å². The van der Waals surface area contributed by atoms with Crippen molar-refractivity contribution in [3.8, 4) is 11.5 Å². The first kappa shape index (κ1) is 59.0. The minimum absolute atomic E-state index is 0.00467. The SMILES string of the molecule is COc1cc2c(cc1OC(C)C)[C@H](c1ccc(Cl)cc1)N(c1ccc(N(C)C[C@H]3CC[C@H](N4CCN(C(=O)CCOCCOCCOCCOCCNc5cccc6c5C(=O)N(C5CCC(=O)NC5=O)C6=O)CC4)CC3)cc1)C(=O)C2. The van der Waals surface area contributed by atoms with Gasteiger partial charge in [0.1, 0.15) is 6.04 Å². The molecule has 2 saturated heterocycles. The third-order valence-corrected chi connectivity index (χ3v) is 16.1. The highest BCUT2D eigenvalue weighted by molar-refractivity contribution is 6.30. The highest BCUT2D eigenvalue weighted by Crippen LogP contribution is 2.44. The van der Waals surface area contributed by atoms with Crippen molar-refractivity contribution in [2.24, 2.45) is 5.92 Å². The summed E-state index contributed by atoms with van der Waals surface area (Å²) in [5.41, 5.74) is 5.69. The average Bonchev–Trinajstić information content (AvgIpc) is 3.84. The Hall–Kier alpha value is -6.61. The van der Waals surface area contributed by atoms with Gasteiger partial charge in [0.15, 0.2) is 11.5 Å². The molecule has 0 radical (unpaired) electrons. The Morgan fingerprint density at radius 2 is 1.42 bits per heavy atom. The van der Waals surface area contributed by atoms with Crippen molar-refractivity contribution in [2.75, 3.05) is 121 Å². The van der Waals surface area contributed by atoms with E-state index in [-0.39, 0.29) is 54.3 Å². The zero-order chi connectivity index (χ0) is 57.0. The van der Waals surface area contributed by atoms with Crippen LogP contribution < -0.4 is 29.9 Å². The van der Waals surface area contributed by atoms with Crippen molar-refractivity contribution in [1.82, 2.24) is 20.0 Å². The van der Waals surface area contributed by atoms with Crippen LogP contribution in [0.3, 0.4) is 0 Å². The molecular weight excluding hydrogens is 1060 g/mol. The molecule has 0 aromatic heterocycles. The van der Waals surface area contributed by atoms with Gasteiger partial charge in [-0.15, -0.1) is 0 Å². The maximum absolute atomic E-state index is 14.1. The Morgan fingerprint density at radius 3 is 2.07 bits per heavy atom. The van der Waals surface area contributed by atoms with Gasteiger partial charge in [0.25, 0.3) is 11.8 Å². The highest BCUT2D eigenvalue weighted by atomic mass is 35.5. The van der Waals surface area contributed by atoms with Crippen LogP contribution >= 0.6 is 11.6 Å². The minimum atomic E-state index is -1.02. The van der Waals surface area contributed by atoms with Gasteiger partial charge in [-0.25, -0.2) is 0 Å². The van der Waals surface area contributed by atoms with Crippen molar-refractivity contribution in [2.45, 2.75) is 89.4 Å². The number of methoxy groups -OCH3 is 1. The zero-order valence-electron chi connectivity index (χ0n) is 47.0. The van der Waals surface area contributed by atoms with Crippen LogP contribution in [0.5, 0.6) is 11.5 Å². The molecular formula is C61H76ClN7O12. The monoisotopic (exact) mass is 1130 g/mol. The van der Waals surface area contributed by atoms with E-state index in [1.54, 1.807) is 25.3 Å². The van der Waals surface area contributed by atoms with Crippen molar-refractivity contribution < 1.29 is 57.2 Å². The fourth-order valence-corrected chi connectivity index (χ4v) is 11.8. The van der Waals surface area contributed by atoms with E-state index in [9.17, 15) is 28.8 Å². The van der Waals surface area contributed by atoms with E-state index in [0.717, 1.165) is 91.4 Å². The molecule has 4 aromatic rings. The molecule has 3 fully saturated rings. The number of hydrogen-bond donors (Lipinski definition) is 2. The molecule has 2 N–H and O–H groups in total. The number of ether oxygens (including phenoxy) is 6. The number of nitrogens with zero attached hydrogens (tertiary/aromatic N) is 5. The molecule has 0 bridgehead atoms. The second-order valence-electron chi connectivity index (χ2n) is 21.6. The lowest BCUT2D eigenvalue weighted by Gasteiger charge is -2.42. The van der Waals surface area contributed by atoms with Gasteiger partial charge in [0, 0.05) is 80.9 Å². The summed E-state index contributed by atoms with van der Waals surface area (Å²) in [6, 6.07) is 24.1. The second-order valence-corrected chi connectivity index (χ2v) is 22.0. The number of benzene rings is 4. The van der Waals surface area contributed by atoms with E-state index in [1.165, 1.54) is 0 Å². The normalized spacial score (nSPS) is 20.4. The van der Waals surface area contributed by atoms with Crippen LogP contribution in [0.2, 0.25) is 5.02 Å². The van der Waals surface area contributed by atoms with Crippen LogP contribution in [-0.2, 0) is 44.5 Å². The standard InChI is InChI=1S/C61H76ClN7O12/c1-40(2)81-53-38-49-43(36-52(53)76-4)37-56(72)68(58(49)42-10-12-44(62)13-11-42)47-18-16-45(17-19-47)65(3)39-41-8-14-46(15-9-41)66-24-26-67(27-25-66)55(71)22-28-77-30-32-79-34-35-80-33-31-78-29-23-63-50-7-5-6-48-57(50)61(75)69(60(48)74)51-20-21-54(70)64-59(51)73/h5-7,10-13,16-19,36,38,40-41,46,51,58,63H,8-9,14-15,20-35,37,39H2,1-4H3,(H,64,70,73)/t41-,46-,51?,58-/m0/s1. The number of rotatable bonds is 26. The molecule has 2 atom stereocenters. The van der Waals surface area contributed by atoms with Crippen LogP contribution in [0.15, 0.2) is 78.9 Å². The van der Waals surface area contributed by atoms with E-state index in [1.807, 2.05) is 60.0 Å². The van der Waals surface area contributed by atoms with Crippen LogP contribution in [0.25, 0.3) is 0 Å². The zero-order valence-corrected chi connectivity index (χ0v) is 47.7. The number of piperidine rings is 1. The van der Waals surface area contributed by atoms with Gasteiger partial charge >= 0.3 is 0 Å². The van der Waals surface area contributed by atoms with E-state index in [4.69, 9.17) is 40.0 Å². The van der Waals surface area contributed by atoms with Crippen molar-refractivity contribution in [3.63, 3.8) is 0 Å². The molecule has 4 aliphatic heterocycles. The fourth-order valence-electron chi connectivity index (χ4n) is 11.7. The predicted molar refractivity (Wildman–Crippen MR) is 306 cm³/mol. The van der Waals surface area contributed by atoms with Gasteiger partial charge in [-0.2, -0.15) is 0 Å². The van der Waals surface area contributed by atoms with E-state index in [2.05, 4.69) is 51.7 Å². The van der Waals surface area contributed by atoms with Gasteiger partial charge in [-0.3, -0.25) is 43.9 Å². The lowest BCUT2D eigenvalue weighted by Crippen LogP contribution is -2.54. The molecule has 6 amide bonds. The molecule has 20 heteroatoms. The summed E-state index contributed by atoms with van der Waals surface area (Å²) in [5, 5.41) is 5.99. The number of amides is 6. The molecule has 1 unspecified atom stereocenters. The second kappa shape index (κ2) is 27.9. The molecule has 1 saturated carbocycles. The lowest BCUT2D eigenvalue weighted by atomic mass is 9.84. The molecule has 434 valence electrons. The summed E-state index contributed by atoms with van der Waals surface area (Å²) in [5.74, 6) is -0.228. The first-order valence-corrected chi connectivity index (χ1v) is 28.8. The molecule has 1 aliphatic carbocycles. The summed E-state index contributed by atoms with van der Waals surface area (Å²) in [6.45, 7) is 11.5. The van der Waals surface area contributed by atoms with Crippen LogP contribution in [0.1, 0.15) is 102 Å². The largest absolute Gasteiger partial charge is 0.493 e. The van der Waals surface area contributed by atoms with Crippen molar-refractivity contribution >= 4 is 64.1 Å². The van der Waals surface area contributed by atoms with Gasteiger partial charge < -0.3 is 48.4 Å². The number of imide groups is 2. The number of anilines is 3. The smallest absolute Gasteiger partial charge is 0.264 e. The Morgan fingerprint density at radius 1 is 0.753 bits per heavy atom. The summed E-state index contributed by atoms with van der Waals surface area (Å²) in [7, 11) is 3.78. The summed E-state index contributed by atoms with van der Waals surface area (Å²) in [4.78, 5) is 87.2.